The first kappa shape index (κ1) is 18.2. The quantitative estimate of drug-likeness (QED) is 0.881. The summed E-state index contributed by atoms with van der Waals surface area (Å²) in [5, 5.41) is 18.6. The molecule has 1 aromatic carbocycles. The van der Waals surface area contributed by atoms with Crippen molar-refractivity contribution in [3.05, 3.63) is 34.4 Å². The second kappa shape index (κ2) is 6.11. The summed E-state index contributed by atoms with van der Waals surface area (Å²) in [6.07, 6.45) is 0.445. The Kier molecular flexibility index (Phi) is 5.06. The van der Waals surface area contributed by atoms with Crippen LogP contribution in [0.5, 0.6) is 0 Å². The average Bonchev–Trinajstić information content (AvgIpc) is 2.32. The molecule has 0 amide bonds. The van der Waals surface area contributed by atoms with Gasteiger partial charge in [-0.15, -0.1) is 0 Å². The van der Waals surface area contributed by atoms with E-state index in [4.69, 9.17) is 5.11 Å². The third-order valence-electron chi connectivity index (χ3n) is 3.66. The van der Waals surface area contributed by atoms with Gasteiger partial charge < -0.3 is 10.2 Å². The van der Waals surface area contributed by atoms with Crippen LogP contribution < -0.4 is 0 Å². The van der Waals surface area contributed by atoms with Crippen LogP contribution in [0.1, 0.15) is 75.0 Å². The fraction of sp³-hybridized carbons (Fsp3) is 0.556. The summed E-state index contributed by atoms with van der Waals surface area (Å²) in [5.41, 5.74) is 2.09. The molecule has 0 heterocycles. The Hall–Kier alpha value is -1.84. The second-order valence-corrected chi connectivity index (χ2v) is 7.76. The molecule has 0 atom stereocenters. The number of aryl methyl sites for hydroxylation is 1. The third-order valence-corrected chi connectivity index (χ3v) is 3.66. The topological polar surface area (TPSA) is 74.6 Å². The van der Waals surface area contributed by atoms with E-state index in [9.17, 15) is 14.7 Å². The summed E-state index contributed by atoms with van der Waals surface area (Å²) in [4.78, 5) is 22.6. The Morgan fingerprint density at radius 3 is 1.59 bits per heavy atom. The molecule has 0 spiro atoms. The van der Waals surface area contributed by atoms with Gasteiger partial charge in [0, 0.05) is 6.42 Å². The first-order valence-corrected chi connectivity index (χ1v) is 7.47. The number of aliphatic carboxylic acids is 1. The van der Waals surface area contributed by atoms with Crippen molar-refractivity contribution in [2.45, 2.75) is 65.2 Å². The molecule has 0 aliphatic rings. The van der Waals surface area contributed by atoms with Gasteiger partial charge in [0.25, 0.3) is 0 Å². The largest absolute Gasteiger partial charge is 0.481 e. The highest BCUT2D eigenvalue weighted by molar-refractivity contribution is 5.92. The summed E-state index contributed by atoms with van der Waals surface area (Å²) >= 11 is 0. The summed E-state index contributed by atoms with van der Waals surface area (Å²) in [7, 11) is 0. The van der Waals surface area contributed by atoms with Crippen LogP contribution in [0.15, 0.2) is 12.1 Å². The minimum absolute atomic E-state index is 0.0413. The normalized spacial score (nSPS) is 12.3. The van der Waals surface area contributed by atoms with Crippen molar-refractivity contribution in [3.63, 3.8) is 0 Å². The maximum absolute atomic E-state index is 11.8. The first-order chi connectivity index (χ1) is 9.84. The zero-order valence-corrected chi connectivity index (χ0v) is 14.3. The van der Waals surface area contributed by atoms with E-state index in [-0.39, 0.29) is 17.3 Å². The molecule has 0 aromatic heterocycles. The van der Waals surface area contributed by atoms with Gasteiger partial charge in [-0.2, -0.15) is 0 Å². The monoisotopic (exact) mass is 306 g/mol. The van der Waals surface area contributed by atoms with E-state index in [1.54, 1.807) is 0 Å². The van der Waals surface area contributed by atoms with Crippen LogP contribution in [0.4, 0.5) is 0 Å². The molecule has 4 heteroatoms. The number of hydrogen-bond acceptors (Lipinski definition) is 2. The molecule has 0 saturated heterocycles. The standard InChI is InChI=1S/C18H26O4/c1-17(2,3)12-9-11(7-8-14(19)20)10-13(18(4,5)6)15(12)16(21)22/h9-10H,7-8H2,1-6H3,(H,19,20)(H,21,22). The first-order valence-electron chi connectivity index (χ1n) is 7.47. The van der Waals surface area contributed by atoms with Crippen molar-refractivity contribution < 1.29 is 19.8 Å². The zero-order valence-electron chi connectivity index (χ0n) is 14.3. The molecule has 1 rings (SSSR count). The van der Waals surface area contributed by atoms with E-state index in [1.165, 1.54) is 0 Å². The number of rotatable bonds is 4. The Labute approximate surface area is 132 Å². The van der Waals surface area contributed by atoms with E-state index in [2.05, 4.69) is 0 Å². The van der Waals surface area contributed by atoms with Gasteiger partial charge in [0.2, 0.25) is 0 Å². The molecular weight excluding hydrogens is 280 g/mol. The number of benzene rings is 1. The Balaban J connectivity index is 3.61. The van der Waals surface area contributed by atoms with Crippen molar-refractivity contribution in [1.29, 1.82) is 0 Å². The minimum Gasteiger partial charge on any atom is -0.481 e. The van der Waals surface area contributed by atoms with Crippen molar-refractivity contribution in [2.24, 2.45) is 0 Å². The van der Waals surface area contributed by atoms with Crippen LogP contribution in [0.3, 0.4) is 0 Å². The highest BCUT2D eigenvalue weighted by Gasteiger charge is 2.29. The smallest absolute Gasteiger partial charge is 0.336 e. The van der Waals surface area contributed by atoms with E-state index in [1.807, 2.05) is 53.7 Å². The van der Waals surface area contributed by atoms with Crippen LogP contribution >= 0.6 is 0 Å². The lowest BCUT2D eigenvalue weighted by atomic mass is 9.75. The highest BCUT2D eigenvalue weighted by Crippen LogP contribution is 2.35. The van der Waals surface area contributed by atoms with Gasteiger partial charge in [-0.3, -0.25) is 4.79 Å². The predicted molar refractivity (Wildman–Crippen MR) is 86.8 cm³/mol. The molecule has 0 fully saturated rings. The number of carboxylic acid groups (broad SMARTS) is 2. The molecule has 4 nitrogen and oxygen atoms in total. The maximum atomic E-state index is 11.8. The molecule has 0 radical (unpaired) electrons. The Morgan fingerprint density at radius 1 is 0.909 bits per heavy atom. The van der Waals surface area contributed by atoms with E-state index < -0.39 is 11.9 Å². The van der Waals surface area contributed by atoms with Gasteiger partial charge in [-0.25, -0.2) is 4.79 Å². The van der Waals surface area contributed by atoms with Crippen LogP contribution in [0.2, 0.25) is 0 Å². The minimum atomic E-state index is -0.931. The number of carboxylic acids is 2. The van der Waals surface area contributed by atoms with E-state index in [0.29, 0.717) is 12.0 Å². The molecule has 1 aromatic rings. The molecule has 0 unspecified atom stereocenters. The lowest BCUT2D eigenvalue weighted by molar-refractivity contribution is -0.136. The van der Waals surface area contributed by atoms with Crippen LogP contribution in [0, 0.1) is 0 Å². The van der Waals surface area contributed by atoms with Crippen molar-refractivity contribution in [3.8, 4) is 0 Å². The fourth-order valence-corrected chi connectivity index (χ4v) is 2.51. The molecule has 0 saturated carbocycles. The third kappa shape index (κ3) is 4.33. The molecule has 22 heavy (non-hydrogen) atoms. The Bertz CT molecular complexity index is 551. The Morgan fingerprint density at radius 2 is 1.32 bits per heavy atom. The molecule has 122 valence electrons. The maximum Gasteiger partial charge on any atom is 0.336 e. The van der Waals surface area contributed by atoms with Gasteiger partial charge in [0.05, 0.1) is 5.56 Å². The van der Waals surface area contributed by atoms with Gasteiger partial charge >= 0.3 is 11.9 Å². The van der Waals surface area contributed by atoms with Crippen molar-refractivity contribution >= 4 is 11.9 Å². The molecule has 0 bridgehead atoms. The molecule has 0 aliphatic heterocycles. The van der Waals surface area contributed by atoms with E-state index >= 15 is 0 Å². The lowest BCUT2D eigenvalue weighted by Gasteiger charge is -2.29. The SMILES string of the molecule is CC(C)(C)c1cc(CCC(=O)O)cc(C(C)(C)C)c1C(=O)O. The van der Waals surface area contributed by atoms with Gasteiger partial charge in [-0.1, -0.05) is 53.7 Å². The van der Waals surface area contributed by atoms with E-state index in [0.717, 1.165) is 16.7 Å². The summed E-state index contributed by atoms with van der Waals surface area (Å²) < 4.78 is 0. The van der Waals surface area contributed by atoms with Crippen molar-refractivity contribution in [2.75, 3.05) is 0 Å². The van der Waals surface area contributed by atoms with Crippen LogP contribution in [0.25, 0.3) is 0 Å². The molecular formula is C18H26O4. The highest BCUT2D eigenvalue weighted by atomic mass is 16.4. The number of carbonyl (C=O) groups is 2. The fourth-order valence-electron chi connectivity index (χ4n) is 2.51. The summed E-state index contributed by atoms with van der Waals surface area (Å²) in [6.45, 7) is 11.8. The van der Waals surface area contributed by atoms with Crippen molar-refractivity contribution in [1.82, 2.24) is 0 Å². The van der Waals surface area contributed by atoms with Gasteiger partial charge in [0.1, 0.15) is 0 Å². The lowest BCUT2D eigenvalue weighted by Crippen LogP contribution is -2.24. The average molecular weight is 306 g/mol. The number of hydrogen-bond donors (Lipinski definition) is 2. The molecule has 2 N–H and O–H groups in total. The zero-order chi connectivity index (χ0) is 17.3. The number of aromatic carboxylic acids is 1. The van der Waals surface area contributed by atoms with Crippen LogP contribution in [-0.4, -0.2) is 22.2 Å². The second-order valence-electron chi connectivity index (χ2n) is 7.76. The summed E-state index contributed by atoms with van der Waals surface area (Å²) in [6, 6.07) is 3.70. The van der Waals surface area contributed by atoms with Crippen LogP contribution in [-0.2, 0) is 22.0 Å². The summed E-state index contributed by atoms with van der Waals surface area (Å²) in [5.74, 6) is -1.78. The predicted octanol–water partition coefficient (Wildman–Crippen LogP) is 4.00. The van der Waals surface area contributed by atoms with Gasteiger partial charge in [0.15, 0.2) is 0 Å². The van der Waals surface area contributed by atoms with Gasteiger partial charge in [-0.05, 0) is 33.9 Å². The molecule has 0 aliphatic carbocycles.